The first kappa shape index (κ1) is 21.5. The number of carbonyl (C=O) groups excluding carboxylic acids is 2. The summed E-state index contributed by atoms with van der Waals surface area (Å²) in [6.45, 7) is 5.86. The van der Waals surface area contributed by atoms with Crippen molar-refractivity contribution in [3.05, 3.63) is 71.3 Å². The molecule has 0 aromatic heterocycles. The first-order chi connectivity index (χ1) is 14.5. The van der Waals surface area contributed by atoms with E-state index in [2.05, 4.69) is 16.3 Å². The van der Waals surface area contributed by atoms with Gasteiger partial charge in [0.2, 0.25) is 5.91 Å². The van der Waals surface area contributed by atoms with Gasteiger partial charge in [0.05, 0.1) is 11.6 Å². The number of rotatable bonds is 6. The lowest BCUT2D eigenvalue weighted by Crippen LogP contribution is -2.40. The summed E-state index contributed by atoms with van der Waals surface area (Å²) in [6.07, 6.45) is 1.22. The summed E-state index contributed by atoms with van der Waals surface area (Å²) < 4.78 is 0. The number of carbonyl (C=O) groups is 2. The number of benzene rings is 2. The van der Waals surface area contributed by atoms with Gasteiger partial charge in [0, 0.05) is 50.7 Å². The molecule has 6 nitrogen and oxygen atoms in total. The Morgan fingerprint density at radius 1 is 1.03 bits per heavy atom. The summed E-state index contributed by atoms with van der Waals surface area (Å²) >= 11 is 0. The molecular formula is C24H28N4O2. The van der Waals surface area contributed by atoms with Crippen molar-refractivity contribution in [2.45, 2.75) is 32.4 Å². The highest BCUT2D eigenvalue weighted by molar-refractivity contribution is 5.94. The highest BCUT2D eigenvalue weighted by Crippen LogP contribution is 2.12. The van der Waals surface area contributed by atoms with E-state index in [9.17, 15) is 9.59 Å². The van der Waals surface area contributed by atoms with Crippen LogP contribution in [0.5, 0.6) is 0 Å². The molecule has 0 bridgehead atoms. The minimum atomic E-state index is -0.219. The SMILES string of the molecule is CC(CC(=O)N1CCCN(Cc2ccc(C#N)cc2)CC1)NC(=O)c1ccccc1. The van der Waals surface area contributed by atoms with Crippen LogP contribution in [0.3, 0.4) is 0 Å². The molecule has 156 valence electrons. The lowest BCUT2D eigenvalue weighted by atomic mass is 10.1. The van der Waals surface area contributed by atoms with Gasteiger partial charge < -0.3 is 10.2 Å². The predicted octanol–water partition coefficient (Wildman–Crippen LogP) is 2.80. The molecule has 3 rings (SSSR count). The van der Waals surface area contributed by atoms with Gasteiger partial charge in [0.15, 0.2) is 0 Å². The Balaban J connectivity index is 1.46. The van der Waals surface area contributed by atoms with Crippen LogP contribution in [-0.4, -0.2) is 53.8 Å². The molecule has 0 spiro atoms. The van der Waals surface area contributed by atoms with Crippen LogP contribution >= 0.6 is 0 Å². The van der Waals surface area contributed by atoms with Crippen LogP contribution in [0.15, 0.2) is 54.6 Å². The second kappa shape index (κ2) is 10.6. The quantitative estimate of drug-likeness (QED) is 0.803. The topological polar surface area (TPSA) is 76.4 Å². The van der Waals surface area contributed by atoms with Crippen molar-refractivity contribution >= 4 is 11.8 Å². The molecule has 1 atom stereocenters. The molecule has 6 heteroatoms. The van der Waals surface area contributed by atoms with Crippen LogP contribution in [0.1, 0.15) is 41.3 Å². The summed E-state index contributed by atoms with van der Waals surface area (Å²) in [4.78, 5) is 29.3. The maximum Gasteiger partial charge on any atom is 0.251 e. The van der Waals surface area contributed by atoms with Crippen molar-refractivity contribution in [1.29, 1.82) is 5.26 Å². The molecule has 1 saturated heterocycles. The standard InChI is InChI=1S/C24H28N4O2/c1-19(26-24(30)22-6-3-2-4-7-22)16-23(29)28-13-5-12-27(14-15-28)18-21-10-8-20(17-25)9-11-21/h2-4,6-11,19H,5,12-16,18H2,1H3,(H,26,30). The van der Waals surface area contributed by atoms with Crippen molar-refractivity contribution < 1.29 is 9.59 Å². The highest BCUT2D eigenvalue weighted by Gasteiger charge is 2.21. The number of amides is 2. The summed E-state index contributed by atoms with van der Waals surface area (Å²) in [5, 5.41) is 11.8. The number of nitriles is 1. The summed E-state index contributed by atoms with van der Waals surface area (Å²) in [7, 11) is 0. The fourth-order valence-corrected chi connectivity index (χ4v) is 3.66. The van der Waals surface area contributed by atoms with E-state index in [1.807, 2.05) is 54.3 Å². The third kappa shape index (κ3) is 6.16. The molecule has 1 heterocycles. The summed E-state index contributed by atoms with van der Waals surface area (Å²) in [5.74, 6) is -0.0727. The second-order valence-corrected chi connectivity index (χ2v) is 7.76. The Bertz CT molecular complexity index is 890. The third-order valence-corrected chi connectivity index (χ3v) is 5.32. The van der Waals surface area contributed by atoms with Crippen molar-refractivity contribution in [1.82, 2.24) is 15.1 Å². The van der Waals surface area contributed by atoms with E-state index in [0.29, 0.717) is 24.1 Å². The first-order valence-corrected chi connectivity index (χ1v) is 10.4. The molecular weight excluding hydrogens is 376 g/mol. The lowest BCUT2D eigenvalue weighted by Gasteiger charge is -2.23. The first-order valence-electron chi connectivity index (χ1n) is 10.4. The van der Waals surface area contributed by atoms with Crippen LogP contribution in [0, 0.1) is 11.3 Å². The summed E-state index contributed by atoms with van der Waals surface area (Å²) in [5.41, 5.74) is 2.44. The molecule has 0 radical (unpaired) electrons. The van der Waals surface area contributed by atoms with E-state index in [0.717, 1.165) is 32.6 Å². The molecule has 0 aliphatic carbocycles. The number of nitrogens with one attached hydrogen (secondary N) is 1. The predicted molar refractivity (Wildman–Crippen MR) is 116 cm³/mol. The Kier molecular flexibility index (Phi) is 7.58. The summed E-state index contributed by atoms with van der Waals surface area (Å²) in [6, 6.07) is 18.6. The number of hydrogen-bond acceptors (Lipinski definition) is 4. The lowest BCUT2D eigenvalue weighted by molar-refractivity contribution is -0.131. The Morgan fingerprint density at radius 2 is 1.77 bits per heavy atom. The van der Waals surface area contributed by atoms with Crippen molar-refractivity contribution in [2.24, 2.45) is 0 Å². The van der Waals surface area contributed by atoms with E-state index in [1.165, 1.54) is 5.56 Å². The van der Waals surface area contributed by atoms with E-state index in [1.54, 1.807) is 12.1 Å². The monoisotopic (exact) mass is 404 g/mol. The number of nitrogens with zero attached hydrogens (tertiary/aromatic N) is 3. The number of hydrogen-bond donors (Lipinski definition) is 1. The second-order valence-electron chi connectivity index (χ2n) is 7.76. The third-order valence-electron chi connectivity index (χ3n) is 5.32. The zero-order valence-corrected chi connectivity index (χ0v) is 17.4. The zero-order valence-electron chi connectivity index (χ0n) is 17.4. The molecule has 2 amide bonds. The van der Waals surface area contributed by atoms with Crippen LogP contribution in [0.2, 0.25) is 0 Å². The average Bonchev–Trinajstić information content (AvgIpc) is 3.00. The average molecular weight is 405 g/mol. The largest absolute Gasteiger partial charge is 0.349 e. The molecule has 1 N–H and O–H groups in total. The van der Waals surface area contributed by atoms with Gasteiger partial charge in [-0.3, -0.25) is 14.5 Å². The maximum atomic E-state index is 12.7. The van der Waals surface area contributed by atoms with E-state index in [-0.39, 0.29) is 17.9 Å². The molecule has 30 heavy (non-hydrogen) atoms. The van der Waals surface area contributed by atoms with Crippen molar-refractivity contribution in [3.8, 4) is 6.07 Å². The Labute approximate surface area is 178 Å². The molecule has 2 aromatic rings. The van der Waals surface area contributed by atoms with Gasteiger partial charge in [-0.25, -0.2) is 0 Å². The van der Waals surface area contributed by atoms with E-state index in [4.69, 9.17) is 5.26 Å². The fourth-order valence-electron chi connectivity index (χ4n) is 3.66. The van der Waals surface area contributed by atoms with Gasteiger partial charge >= 0.3 is 0 Å². The van der Waals surface area contributed by atoms with Crippen molar-refractivity contribution in [3.63, 3.8) is 0 Å². The smallest absolute Gasteiger partial charge is 0.251 e. The van der Waals surface area contributed by atoms with Gasteiger partial charge in [-0.2, -0.15) is 5.26 Å². The Morgan fingerprint density at radius 3 is 2.47 bits per heavy atom. The van der Waals surface area contributed by atoms with E-state index < -0.39 is 0 Å². The molecule has 2 aromatic carbocycles. The minimum Gasteiger partial charge on any atom is -0.349 e. The molecule has 1 fully saturated rings. The van der Waals surface area contributed by atoms with Gasteiger partial charge in [-0.15, -0.1) is 0 Å². The van der Waals surface area contributed by atoms with Gasteiger partial charge in [-0.1, -0.05) is 30.3 Å². The highest BCUT2D eigenvalue weighted by atomic mass is 16.2. The van der Waals surface area contributed by atoms with Crippen LogP contribution in [0.25, 0.3) is 0 Å². The van der Waals surface area contributed by atoms with Gasteiger partial charge in [-0.05, 0) is 43.2 Å². The zero-order chi connectivity index (χ0) is 21.3. The van der Waals surface area contributed by atoms with Crippen molar-refractivity contribution in [2.75, 3.05) is 26.2 Å². The minimum absolute atomic E-state index is 0.0797. The van der Waals surface area contributed by atoms with Gasteiger partial charge in [0.25, 0.3) is 5.91 Å². The van der Waals surface area contributed by atoms with Crippen LogP contribution in [0.4, 0.5) is 0 Å². The molecule has 0 saturated carbocycles. The Hall–Kier alpha value is -3.17. The normalized spacial score (nSPS) is 15.7. The molecule has 1 unspecified atom stereocenters. The van der Waals surface area contributed by atoms with Gasteiger partial charge in [0.1, 0.15) is 0 Å². The molecule has 1 aliphatic heterocycles. The van der Waals surface area contributed by atoms with Crippen LogP contribution in [-0.2, 0) is 11.3 Å². The van der Waals surface area contributed by atoms with Crippen LogP contribution < -0.4 is 5.32 Å². The maximum absolute atomic E-state index is 12.7. The van der Waals surface area contributed by atoms with E-state index >= 15 is 0 Å². The fraction of sp³-hybridized carbons (Fsp3) is 0.375. The molecule has 1 aliphatic rings.